The van der Waals surface area contributed by atoms with Crippen LogP contribution in [0, 0.1) is 12.7 Å². The van der Waals surface area contributed by atoms with Crippen LogP contribution in [-0.2, 0) is 16.4 Å². The maximum atomic E-state index is 13.2. The van der Waals surface area contributed by atoms with Crippen LogP contribution in [0.2, 0.25) is 0 Å². The summed E-state index contributed by atoms with van der Waals surface area (Å²) in [6.07, 6.45) is 1.36. The number of benzene rings is 3. The fraction of sp³-hybridized carbons (Fsp3) is 0.174. The first kappa shape index (κ1) is 20.1. The van der Waals surface area contributed by atoms with E-state index < -0.39 is 15.8 Å². The van der Waals surface area contributed by atoms with Gasteiger partial charge in [0.15, 0.2) is 0 Å². The minimum Gasteiger partial charge on any atom is -0.322 e. The molecule has 1 heterocycles. The number of hydrogen-bond acceptors (Lipinski definition) is 3. The van der Waals surface area contributed by atoms with E-state index in [9.17, 15) is 17.6 Å². The molecule has 1 amide bonds. The van der Waals surface area contributed by atoms with Crippen molar-refractivity contribution in [3.8, 4) is 0 Å². The molecule has 0 unspecified atom stereocenters. The van der Waals surface area contributed by atoms with Crippen molar-refractivity contribution in [1.29, 1.82) is 0 Å². The van der Waals surface area contributed by atoms with Crippen molar-refractivity contribution in [3.05, 3.63) is 89.2 Å². The van der Waals surface area contributed by atoms with Crippen LogP contribution in [0.15, 0.2) is 71.6 Å². The van der Waals surface area contributed by atoms with Gasteiger partial charge in [0.1, 0.15) is 5.82 Å². The second-order valence-electron chi connectivity index (χ2n) is 7.30. The Labute approximate surface area is 175 Å². The zero-order chi connectivity index (χ0) is 21.3. The minimum absolute atomic E-state index is 0.0496. The van der Waals surface area contributed by atoms with Gasteiger partial charge in [0.05, 0.1) is 10.6 Å². The number of carbonyl (C=O) groups excluding carboxylic acids is 1. The SMILES string of the molecule is Cc1cccc(C(=O)Nc2ccc3c(c2)CCCN3S(=O)(=O)c2ccc(F)cc2)c1. The second kappa shape index (κ2) is 7.91. The lowest BCUT2D eigenvalue weighted by Gasteiger charge is -2.31. The fourth-order valence-electron chi connectivity index (χ4n) is 3.61. The van der Waals surface area contributed by atoms with Gasteiger partial charge in [-0.1, -0.05) is 17.7 Å². The standard InChI is InChI=1S/C23H21FN2O3S/c1-16-4-2-5-18(14-16)23(27)25-20-9-12-22-17(15-20)6-3-13-26(22)30(28,29)21-10-7-19(24)8-11-21/h2,4-5,7-12,14-15H,3,6,13H2,1H3,(H,25,27). The average molecular weight is 424 g/mol. The van der Waals surface area contributed by atoms with Gasteiger partial charge in [0, 0.05) is 17.8 Å². The Morgan fingerprint density at radius 3 is 2.53 bits per heavy atom. The maximum Gasteiger partial charge on any atom is 0.264 e. The Hall–Kier alpha value is -3.19. The molecule has 0 saturated carbocycles. The molecule has 0 aliphatic carbocycles. The van der Waals surface area contributed by atoms with Crippen molar-refractivity contribution in [2.24, 2.45) is 0 Å². The highest BCUT2D eigenvalue weighted by molar-refractivity contribution is 7.92. The zero-order valence-corrected chi connectivity index (χ0v) is 17.2. The van der Waals surface area contributed by atoms with Crippen molar-refractivity contribution in [3.63, 3.8) is 0 Å². The lowest BCUT2D eigenvalue weighted by Crippen LogP contribution is -2.35. The summed E-state index contributed by atoms with van der Waals surface area (Å²) >= 11 is 0. The summed E-state index contributed by atoms with van der Waals surface area (Å²) in [6.45, 7) is 2.27. The Morgan fingerprint density at radius 1 is 1.03 bits per heavy atom. The van der Waals surface area contributed by atoms with Crippen molar-refractivity contribution in [2.45, 2.75) is 24.7 Å². The number of nitrogens with one attached hydrogen (secondary N) is 1. The molecular formula is C23H21FN2O3S. The molecular weight excluding hydrogens is 403 g/mol. The Bertz CT molecular complexity index is 1210. The first-order chi connectivity index (χ1) is 14.3. The van der Waals surface area contributed by atoms with Crippen LogP contribution in [0.1, 0.15) is 27.9 Å². The van der Waals surface area contributed by atoms with E-state index in [4.69, 9.17) is 0 Å². The number of hydrogen-bond donors (Lipinski definition) is 1. The number of carbonyl (C=O) groups is 1. The zero-order valence-electron chi connectivity index (χ0n) is 16.4. The van der Waals surface area contributed by atoms with Crippen LogP contribution in [0.25, 0.3) is 0 Å². The summed E-state index contributed by atoms with van der Waals surface area (Å²) in [4.78, 5) is 12.6. The van der Waals surface area contributed by atoms with E-state index in [1.54, 1.807) is 18.2 Å². The van der Waals surface area contributed by atoms with Crippen molar-refractivity contribution >= 4 is 27.3 Å². The number of rotatable bonds is 4. The number of fused-ring (bicyclic) bond motifs is 1. The molecule has 3 aromatic rings. The first-order valence-corrected chi connectivity index (χ1v) is 11.1. The molecule has 0 bridgehead atoms. The van der Waals surface area contributed by atoms with Crippen LogP contribution < -0.4 is 9.62 Å². The van der Waals surface area contributed by atoms with Gasteiger partial charge in [-0.25, -0.2) is 12.8 Å². The van der Waals surface area contributed by atoms with E-state index in [2.05, 4.69) is 5.32 Å². The third-order valence-electron chi connectivity index (χ3n) is 5.10. The lowest BCUT2D eigenvalue weighted by molar-refractivity contribution is 0.102. The topological polar surface area (TPSA) is 66.5 Å². The van der Waals surface area contributed by atoms with Crippen LogP contribution in [0.4, 0.5) is 15.8 Å². The van der Waals surface area contributed by atoms with Crippen LogP contribution in [0.5, 0.6) is 0 Å². The number of sulfonamides is 1. The van der Waals surface area contributed by atoms with Gasteiger partial charge in [-0.2, -0.15) is 0 Å². The van der Waals surface area contributed by atoms with Gasteiger partial charge < -0.3 is 5.32 Å². The summed E-state index contributed by atoms with van der Waals surface area (Å²) in [7, 11) is -3.80. The van der Waals surface area contributed by atoms with Crippen LogP contribution in [-0.4, -0.2) is 20.9 Å². The van der Waals surface area contributed by atoms with E-state index in [1.165, 1.54) is 16.4 Å². The van der Waals surface area contributed by atoms with Gasteiger partial charge in [0.2, 0.25) is 0 Å². The molecule has 1 aliphatic rings. The third-order valence-corrected chi connectivity index (χ3v) is 6.92. The molecule has 0 radical (unpaired) electrons. The maximum absolute atomic E-state index is 13.2. The van der Waals surface area contributed by atoms with Gasteiger partial charge >= 0.3 is 0 Å². The molecule has 0 spiro atoms. The number of amides is 1. The van der Waals surface area contributed by atoms with Gasteiger partial charge in [-0.3, -0.25) is 9.10 Å². The molecule has 30 heavy (non-hydrogen) atoms. The van der Waals surface area contributed by atoms with Gasteiger partial charge in [0.25, 0.3) is 15.9 Å². The van der Waals surface area contributed by atoms with Crippen molar-refractivity contribution in [1.82, 2.24) is 0 Å². The average Bonchev–Trinajstić information content (AvgIpc) is 2.73. The largest absolute Gasteiger partial charge is 0.322 e. The summed E-state index contributed by atoms with van der Waals surface area (Å²) in [5.74, 6) is -0.702. The molecule has 5 nitrogen and oxygen atoms in total. The monoisotopic (exact) mass is 424 g/mol. The van der Waals surface area contributed by atoms with E-state index >= 15 is 0 Å². The number of nitrogens with zero attached hydrogens (tertiary/aromatic N) is 1. The molecule has 0 aromatic heterocycles. The number of halogens is 1. The quantitative estimate of drug-likeness (QED) is 0.669. The molecule has 0 atom stereocenters. The highest BCUT2D eigenvalue weighted by Crippen LogP contribution is 2.34. The van der Waals surface area contributed by atoms with Gasteiger partial charge in [-0.05, 0) is 79.9 Å². The van der Waals surface area contributed by atoms with Crippen molar-refractivity contribution in [2.75, 3.05) is 16.2 Å². The van der Waals surface area contributed by atoms with E-state index in [0.29, 0.717) is 36.3 Å². The summed E-state index contributed by atoms with van der Waals surface area (Å²) in [6, 6.07) is 17.4. The highest BCUT2D eigenvalue weighted by Gasteiger charge is 2.29. The molecule has 7 heteroatoms. The number of anilines is 2. The smallest absolute Gasteiger partial charge is 0.264 e. The van der Waals surface area contributed by atoms with Crippen LogP contribution >= 0.6 is 0 Å². The molecule has 1 aliphatic heterocycles. The minimum atomic E-state index is -3.80. The predicted octanol–water partition coefficient (Wildman–Crippen LogP) is 4.53. The molecule has 0 fully saturated rings. The normalized spacial score (nSPS) is 13.6. The van der Waals surface area contributed by atoms with Crippen molar-refractivity contribution < 1.29 is 17.6 Å². The van der Waals surface area contributed by atoms with Gasteiger partial charge in [-0.15, -0.1) is 0 Å². The lowest BCUT2D eigenvalue weighted by atomic mass is 10.0. The predicted molar refractivity (Wildman–Crippen MR) is 115 cm³/mol. The Balaban J connectivity index is 1.61. The fourth-order valence-corrected chi connectivity index (χ4v) is 5.15. The summed E-state index contributed by atoms with van der Waals surface area (Å²) in [5.41, 5.74) is 3.59. The molecule has 3 aromatic carbocycles. The Morgan fingerprint density at radius 2 is 1.80 bits per heavy atom. The first-order valence-electron chi connectivity index (χ1n) is 9.64. The van der Waals surface area contributed by atoms with E-state index in [0.717, 1.165) is 23.3 Å². The molecule has 0 saturated heterocycles. The van der Waals surface area contributed by atoms with E-state index in [1.807, 2.05) is 31.2 Å². The van der Waals surface area contributed by atoms with E-state index in [-0.39, 0.29) is 10.8 Å². The highest BCUT2D eigenvalue weighted by atomic mass is 32.2. The molecule has 4 rings (SSSR count). The second-order valence-corrected chi connectivity index (χ2v) is 9.16. The van der Waals surface area contributed by atoms with Crippen LogP contribution in [0.3, 0.4) is 0 Å². The molecule has 154 valence electrons. The number of aryl methyl sites for hydroxylation is 2. The summed E-state index contributed by atoms with van der Waals surface area (Å²) in [5, 5.41) is 2.88. The Kier molecular flexibility index (Phi) is 5.30. The third kappa shape index (κ3) is 3.93. The molecule has 1 N–H and O–H groups in total. The summed E-state index contributed by atoms with van der Waals surface area (Å²) < 4.78 is 40.7.